The molecule has 0 unspecified atom stereocenters. The molecule has 0 radical (unpaired) electrons. The second-order valence-electron chi connectivity index (χ2n) is 7.10. The Bertz CT molecular complexity index is 485. The number of hydrogen-bond acceptors (Lipinski definition) is 4. The molecule has 0 bridgehead atoms. The zero-order valence-electron chi connectivity index (χ0n) is 14.3. The second-order valence-corrected chi connectivity index (χ2v) is 7.10. The van der Waals surface area contributed by atoms with Crippen molar-refractivity contribution in [2.45, 2.75) is 44.8 Å². The standard InChI is InChI=1S/C19H30N2O2/c1-2-23-18-8-6-17(7-9-18)14-21-13-5-10-19(22,16-21)15-20-11-3-4-12-20/h6-9,22H,2-5,10-16H2,1H3/t19-/m0/s1. The molecule has 4 heteroatoms. The minimum absolute atomic E-state index is 0.534. The molecule has 2 aliphatic heterocycles. The average Bonchev–Trinajstić information content (AvgIpc) is 3.02. The summed E-state index contributed by atoms with van der Waals surface area (Å²) in [7, 11) is 0. The molecule has 2 heterocycles. The Morgan fingerprint density at radius 3 is 2.43 bits per heavy atom. The van der Waals surface area contributed by atoms with Gasteiger partial charge in [-0.3, -0.25) is 4.90 Å². The molecule has 3 rings (SSSR count). The van der Waals surface area contributed by atoms with Crippen LogP contribution in [0.1, 0.15) is 38.2 Å². The lowest BCUT2D eigenvalue weighted by molar-refractivity contribution is -0.0519. The first-order valence-electron chi connectivity index (χ1n) is 9.06. The van der Waals surface area contributed by atoms with Gasteiger partial charge in [0.15, 0.2) is 0 Å². The maximum absolute atomic E-state index is 11.0. The predicted molar refractivity (Wildman–Crippen MR) is 92.7 cm³/mol. The average molecular weight is 318 g/mol. The number of ether oxygens (including phenoxy) is 1. The zero-order chi connectivity index (χ0) is 16.1. The zero-order valence-corrected chi connectivity index (χ0v) is 14.3. The third kappa shape index (κ3) is 4.69. The van der Waals surface area contributed by atoms with Crippen molar-refractivity contribution in [3.63, 3.8) is 0 Å². The molecule has 1 atom stereocenters. The Morgan fingerprint density at radius 1 is 1.04 bits per heavy atom. The van der Waals surface area contributed by atoms with Gasteiger partial charge < -0.3 is 14.7 Å². The Morgan fingerprint density at radius 2 is 1.74 bits per heavy atom. The smallest absolute Gasteiger partial charge is 0.119 e. The molecular formula is C19H30N2O2. The van der Waals surface area contributed by atoms with Gasteiger partial charge in [-0.05, 0) is 69.9 Å². The van der Waals surface area contributed by atoms with Gasteiger partial charge in [0.25, 0.3) is 0 Å². The van der Waals surface area contributed by atoms with Crippen LogP contribution in [-0.4, -0.2) is 59.8 Å². The van der Waals surface area contributed by atoms with Crippen LogP contribution in [0.15, 0.2) is 24.3 Å². The third-order valence-corrected chi connectivity index (χ3v) is 4.99. The quantitative estimate of drug-likeness (QED) is 0.874. The van der Waals surface area contributed by atoms with Crippen LogP contribution in [0.3, 0.4) is 0 Å². The Balaban J connectivity index is 1.55. The molecule has 1 aromatic carbocycles. The lowest BCUT2D eigenvalue weighted by Gasteiger charge is -2.41. The molecule has 0 aromatic heterocycles. The monoisotopic (exact) mass is 318 g/mol. The minimum Gasteiger partial charge on any atom is -0.494 e. The lowest BCUT2D eigenvalue weighted by atomic mass is 9.92. The molecule has 0 saturated carbocycles. The highest BCUT2D eigenvalue weighted by molar-refractivity contribution is 5.27. The van der Waals surface area contributed by atoms with Crippen molar-refractivity contribution in [2.75, 3.05) is 39.3 Å². The first-order chi connectivity index (χ1) is 11.2. The van der Waals surface area contributed by atoms with E-state index in [1.807, 2.05) is 19.1 Å². The summed E-state index contributed by atoms with van der Waals surface area (Å²) in [4.78, 5) is 4.83. The number of benzene rings is 1. The summed E-state index contributed by atoms with van der Waals surface area (Å²) in [6.45, 7) is 8.63. The Hall–Kier alpha value is -1.10. The van der Waals surface area contributed by atoms with Crippen molar-refractivity contribution in [3.05, 3.63) is 29.8 Å². The van der Waals surface area contributed by atoms with Crippen molar-refractivity contribution < 1.29 is 9.84 Å². The number of piperidine rings is 1. The van der Waals surface area contributed by atoms with Gasteiger partial charge in [-0.15, -0.1) is 0 Å². The van der Waals surface area contributed by atoms with Crippen LogP contribution in [-0.2, 0) is 6.54 Å². The molecule has 0 aliphatic carbocycles. The van der Waals surface area contributed by atoms with Crippen molar-refractivity contribution in [1.82, 2.24) is 9.80 Å². The van der Waals surface area contributed by atoms with Crippen LogP contribution in [0.5, 0.6) is 5.75 Å². The van der Waals surface area contributed by atoms with Gasteiger partial charge in [0.2, 0.25) is 0 Å². The number of β-amino-alcohol motifs (C(OH)–C–C–N with tert-alkyl or cyclic N) is 1. The number of nitrogens with zero attached hydrogens (tertiary/aromatic N) is 2. The molecule has 2 fully saturated rings. The van der Waals surface area contributed by atoms with E-state index in [2.05, 4.69) is 21.9 Å². The van der Waals surface area contributed by atoms with E-state index >= 15 is 0 Å². The van der Waals surface area contributed by atoms with Crippen LogP contribution in [0.25, 0.3) is 0 Å². The summed E-state index contributed by atoms with van der Waals surface area (Å²) in [5, 5.41) is 11.0. The van der Waals surface area contributed by atoms with Gasteiger partial charge in [-0.25, -0.2) is 0 Å². The van der Waals surface area contributed by atoms with Gasteiger partial charge in [0.1, 0.15) is 5.75 Å². The maximum atomic E-state index is 11.0. The van der Waals surface area contributed by atoms with Crippen LogP contribution in [0.2, 0.25) is 0 Å². The summed E-state index contributed by atoms with van der Waals surface area (Å²) in [5.74, 6) is 0.931. The van der Waals surface area contributed by atoms with Crippen molar-refractivity contribution in [1.29, 1.82) is 0 Å². The lowest BCUT2D eigenvalue weighted by Crippen LogP contribution is -2.53. The van der Waals surface area contributed by atoms with Crippen molar-refractivity contribution >= 4 is 0 Å². The molecule has 23 heavy (non-hydrogen) atoms. The first kappa shape index (κ1) is 16.7. The fourth-order valence-electron chi connectivity index (χ4n) is 3.94. The summed E-state index contributed by atoms with van der Waals surface area (Å²) in [6.07, 6.45) is 4.59. The van der Waals surface area contributed by atoms with E-state index in [4.69, 9.17) is 4.74 Å². The summed E-state index contributed by atoms with van der Waals surface area (Å²) >= 11 is 0. The van der Waals surface area contributed by atoms with E-state index in [-0.39, 0.29) is 0 Å². The highest BCUT2D eigenvalue weighted by Gasteiger charge is 2.35. The van der Waals surface area contributed by atoms with Gasteiger partial charge in [0, 0.05) is 19.6 Å². The van der Waals surface area contributed by atoms with Crippen LogP contribution < -0.4 is 4.74 Å². The number of rotatable bonds is 6. The molecule has 1 aromatic rings. The summed E-state index contributed by atoms with van der Waals surface area (Å²) in [6, 6.07) is 8.36. The third-order valence-electron chi connectivity index (χ3n) is 4.99. The molecule has 4 nitrogen and oxygen atoms in total. The Kier molecular flexibility index (Phi) is 5.57. The predicted octanol–water partition coefficient (Wildman–Crippen LogP) is 2.51. The van der Waals surface area contributed by atoms with E-state index in [1.54, 1.807) is 0 Å². The van der Waals surface area contributed by atoms with Crippen molar-refractivity contribution in [2.24, 2.45) is 0 Å². The molecular weight excluding hydrogens is 288 g/mol. The van der Waals surface area contributed by atoms with E-state index in [0.29, 0.717) is 6.61 Å². The van der Waals surface area contributed by atoms with E-state index in [1.165, 1.54) is 18.4 Å². The highest BCUT2D eigenvalue weighted by atomic mass is 16.5. The van der Waals surface area contributed by atoms with E-state index in [9.17, 15) is 5.11 Å². The highest BCUT2D eigenvalue weighted by Crippen LogP contribution is 2.25. The molecule has 2 aliphatic rings. The number of likely N-dealkylation sites (tertiary alicyclic amines) is 2. The van der Waals surface area contributed by atoms with E-state index < -0.39 is 5.60 Å². The van der Waals surface area contributed by atoms with Gasteiger partial charge in [-0.1, -0.05) is 12.1 Å². The van der Waals surface area contributed by atoms with Crippen LogP contribution in [0, 0.1) is 0 Å². The molecule has 0 amide bonds. The summed E-state index contributed by atoms with van der Waals surface area (Å²) < 4.78 is 5.50. The van der Waals surface area contributed by atoms with Crippen LogP contribution >= 0.6 is 0 Å². The Labute approximate surface area is 140 Å². The largest absolute Gasteiger partial charge is 0.494 e. The topological polar surface area (TPSA) is 35.9 Å². The molecule has 128 valence electrons. The maximum Gasteiger partial charge on any atom is 0.119 e. The van der Waals surface area contributed by atoms with Crippen LogP contribution in [0.4, 0.5) is 0 Å². The minimum atomic E-state index is -0.534. The number of aliphatic hydroxyl groups is 1. The molecule has 2 saturated heterocycles. The number of hydrogen-bond donors (Lipinski definition) is 1. The first-order valence-corrected chi connectivity index (χ1v) is 9.06. The fourth-order valence-corrected chi connectivity index (χ4v) is 3.94. The molecule has 0 spiro atoms. The van der Waals surface area contributed by atoms with Gasteiger partial charge >= 0.3 is 0 Å². The second kappa shape index (κ2) is 7.65. The fraction of sp³-hybridized carbons (Fsp3) is 0.684. The normalized spacial score (nSPS) is 26.5. The molecule has 1 N–H and O–H groups in total. The SMILES string of the molecule is CCOc1ccc(CN2CCC[C@](O)(CN3CCCC3)C2)cc1. The van der Waals surface area contributed by atoms with Crippen molar-refractivity contribution in [3.8, 4) is 5.75 Å². The van der Waals surface area contributed by atoms with Gasteiger partial charge in [-0.2, -0.15) is 0 Å². The summed E-state index contributed by atoms with van der Waals surface area (Å²) in [5.41, 5.74) is 0.757. The van der Waals surface area contributed by atoms with E-state index in [0.717, 1.165) is 57.9 Å². The van der Waals surface area contributed by atoms with Gasteiger partial charge in [0.05, 0.1) is 12.2 Å².